The van der Waals surface area contributed by atoms with Crippen molar-refractivity contribution in [3.8, 4) is 0 Å². The van der Waals surface area contributed by atoms with E-state index in [-0.39, 0.29) is 12.0 Å². The summed E-state index contributed by atoms with van der Waals surface area (Å²) in [4.78, 5) is 13.1. The molecule has 1 N–H and O–H groups in total. The fourth-order valence-corrected chi connectivity index (χ4v) is 2.04. The first kappa shape index (κ1) is 10.9. The van der Waals surface area contributed by atoms with Gasteiger partial charge in [0, 0.05) is 13.6 Å². The minimum atomic E-state index is -0.117. The lowest BCUT2D eigenvalue weighted by Crippen LogP contribution is -2.40. The van der Waals surface area contributed by atoms with Crippen LogP contribution in [0.15, 0.2) is 0 Å². The topological polar surface area (TPSA) is 40.5 Å². The Labute approximate surface area is 83.5 Å². The van der Waals surface area contributed by atoms with Crippen molar-refractivity contribution in [3.05, 3.63) is 0 Å². The summed E-state index contributed by atoms with van der Waals surface area (Å²) in [6.07, 6.45) is 3.53. The van der Waals surface area contributed by atoms with Gasteiger partial charge < -0.3 is 10.0 Å². The molecule has 0 aliphatic heterocycles. The normalized spacial score (nSPS) is 26.7. The first-order valence-electron chi connectivity index (χ1n) is 4.54. The van der Waals surface area contributed by atoms with Crippen molar-refractivity contribution in [2.75, 3.05) is 25.6 Å². The number of hydrogen-bond donors (Lipinski definition) is 1. The van der Waals surface area contributed by atoms with Crippen molar-refractivity contribution in [2.45, 2.75) is 18.9 Å². The summed E-state index contributed by atoms with van der Waals surface area (Å²) in [6, 6.07) is 0. The zero-order valence-corrected chi connectivity index (χ0v) is 9.01. The number of nitrogens with zero attached hydrogens (tertiary/aromatic N) is 1. The number of carbonyl (C=O) groups excluding carboxylic acids is 1. The summed E-state index contributed by atoms with van der Waals surface area (Å²) in [5, 5.41) is 9.07. The lowest BCUT2D eigenvalue weighted by atomic mass is 9.82. The number of hydrogen-bond acceptors (Lipinski definition) is 3. The molecular weight excluding hydrogens is 186 g/mol. The van der Waals surface area contributed by atoms with Crippen molar-refractivity contribution in [1.82, 2.24) is 4.90 Å². The molecule has 0 bridgehead atoms. The molecule has 4 heteroatoms. The highest BCUT2D eigenvalue weighted by Crippen LogP contribution is 2.27. The van der Waals surface area contributed by atoms with Gasteiger partial charge in [0.15, 0.2) is 0 Å². The molecule has 0 heterocycles. The van der Waals surface area contributed by atoms with Gasteiger partial charge in [-0.15, -0.1) is 0 Å². The summed E-state index contributed by atoms with van der Waals surface area (Å²) >= 11 is 1.55. The minimum absolute atomic E-state index is 0.117. The Bertz CT molecular complexity index is 180. The van der Waals surface area contributed by atoms with Crippen LogP contribution in [-0.4, -0.2) is 47.6 Å². The third kappa shape index (κ3) is 3.19. The van der Waals surface area contributed by atoms with Gasteiger partial charge in [0.1, 0.15) is 0 Å². The largest absolute Gasteiger partial charge is 0.393 e. The Morgan fingerprint density at radius 2 is 2.23 bits per heavy atom. The molecule has 1 fully saturated rings. The van der Waals surface area contributed by atoms with Crippen LogP contribution in [0.5, 0.6) is 0 Å². The highest BCUT2D eigenvalue weighted by molar-refractivity contribution is 7.99. The summed E-state index contributed by atoms with van der Waals surface area (Å²) in [6.45, 7) is 0.802. The van der Waals surface area contributed by atoms with Gasteiger partial charge in [-0.3, -0.25) is 4.79 Å². The van der Waals surface area contributed by atoms with Crippen LogP contribution in [0, 0.1) is 5.92 Å². The van der Waals surface area contributed by atoms with E-state index < -0.39 is 0 Å². The van der Waals surface area contributed by atoms with Gasteiger partial charge in [-0.05, 0) is 25.0 Å². The zero-order valence-electron chi connectivity index (χ0n) is 8.19. The molecule has 0 radical (unpaired) electrons. The van der Waals surface area contributed by atoms with Gasteiger partial charge in [0.05, 0.1) is 11.9 Å². The second-order valence-corrected chi connectivity index (χ2v) is 4.56. The van der Waals surface area contributed by atoms with E-state index in [4.69, 9.17) is 5.11 Å². The lowest BCUT2D eigenvalue weighted by Gasteiger charge is -2.34. The number of rotatable bonds is 4. The lowest BCUT2D eigenvalue weighted by molar-refractivity contribution is -0.128. The Morgan fingerprint density at radius 3 is 2.69 bits per heavy atom. The van der Waals surface area contributed by atoms with Crippen LogP contribution in [-0.2, 0) is 4.79 Å². The Morgan fingerprint density at radius 1 is 1.62 bits per heavy atom. The van der Waals surface area contributed by atoms with E-state index in [2.05, 4.69) is 0 Å². The van der Waals surface area contributed by atoms with Crippen LogP contribution in [0.1, 0.15) is 12.8 Å². The van der Waals surface area contributed by atoms with Gasteiger partial charge in [-0.1, -0.05) is 0 Å². The first-order chi connectivity index (χ1) is 6.13. The number of aliphatic hydroxyl groups excluding tert-OH is 1. The summed E-state index contributed by atoms with van der Waals surface area (Å²) in [7, 11) is 1.84. The average Bonchev–Trinajstić information content (AvgIpc) is 2.02. The maximum atomic E-state index is 11.3. The molecule has 0 aromatic rings. The predicted molar refractivity (Wildman–Crippen MR) is 54.7 cm³/mol. The predicted octanol–water partition coefficient (Wildman–Crippen LogP) is 0.579. The molecule has 0 atom stereocenters. The van der Waals surface area contributed by atoms with Crippen LogP contribution in [0.25, 0.3) is 0 Å². The molecule has 1 amide bonds. The first-order valence-corrected chi connectivity index (χ1v) is 5.93. The van der Waals surface area contributed by atoms with E-state index in [9.17, 15) is 4.79 Å². The van der Waals surface area contributed by atoms with Gasteiger partial charge >= 0.3 is 0 Å². The molecule has 1 aliphatic carbocycles. The van der Waals surface area contributed by atoms with Crippen molar-refractivity contribution in [1.29, 1.82) is 0 Å². The maximum absolute atomic E-state index is 11.3. The van der Waals surface area contributed by atoms with E-state index in [0.717, 1.165) is 19.4 Å². The minimum Gasteiger partial charge on any atom is -0.393 e. The number of amides is 1. The van der Waals surface area contributed by atoms with Gasteiger partial charge in [-0.25, -0.2) is 0 Å². The third-order valence-electron chi connectivity index (χ3n) is 2.44. The number of aliphatic hydroxyl groups is 1. The van der Waals surface area contributed by atoms with Gasteiger partial charge in [0.2, 0.25) is 5.91 Å². The fourth-order valence-electron chi connectivity index (χ4n) is 1.57. The molecule has 76 valence electrons. The van der Waals surface area contributed by atoms with Gasteiger partial charge in [0.25, 0.3) is 0 Å². The summed E-state index contributed by atoms with van der Waals surface area (Å²) in [5.74, 6) is 1.27. The molecule has 0 aromatic carbocycles. The van der Waals surface area contributed by atoms with Crippen LogP contribution in [0.4, 0.5) is 0 Å². The summed E-state index contributed by atoms with van der Waals surface area (Å²) in [5.41, 5.74) is 0. The second-order valence-electron chi connectivity index (χ2n) is 3.70. The van der Waals surface area contributed by atoms with Crippen LogP contribution in [0.3, 0.4) is 0 Å². The molecule has 0 aromatic heterocycles. The molecule has 1 saturated carbocycles. The van der Waals surface area contributed by atoms with Crippen molar-refractivity contribution < 1.29 is 9.90 Å². The van der Waals surface area contributed by atoms with E-state index >= 15 is 0 Å². The molecule has 1 aliphatic rings. The van der Waals surface area contributed by atoms with E-state index in [1.165, 1.54) is 0 Å². The van der Waals surface area contributed by atoms with Crippen molar-refractivity contribution in [2.24, 2.45) is 5.92 Å². The number of carbonyl (C=O) groups is 1. The molecule has 0 saturated heterocycles. The SMILES string of the molecule is CSCC(=O)N(C)CC1CC(O)C1. The highest BCUT2D eigenvalue weighted by Gasteiger charge is 2.28. The fraction of sp³-hybridized carbons (Fsp3) is 0.889. The summed E-state index contributed by atoms with van der Waals surface area (Å²) < 4.78 is 0. The van der Waals surface area contributed by atoms with Crippen LogP contribution < -0.4 is 0 Å². The Kier molecular flexibility index (Phi) is 4.06. The molecule has 1 rings (SSSR count). The van der Waals surface area contributed by atoms with Gasteiger partial charge in [-0.2, -0.15) is 11.8 Å². The quantitative estimate of drug-likeness (QED) is 0.726. The molecule has 0 spiro atoms. The van der Waals surface area contributed by atoms with Crippen LogP contribution >= 0.6 is 11.8 Å². The Hall–Kier alpha value is -0.220. The van der Waals surface area contributed by atoms with E-state index in [0.29, 0.717) is 11.7 Å². The average molecular weight is 203 g/mol. The molecule has 0 unspecified atom stereocenters. The number of thioether (sulfide) groups is 1. The van der Waals surface area contributed by atoms with Crippen molar-refractivity contribution in [3.63, 3.8) is 0 Å². The Balaban J connectivity index is 2.17. The maximum Gasteiger partial charge on any atom is 0.232 e. The van der Waals surface area contributed by atoms with Crippen molar-refractivity contribution >= 4 is 17.7 Å². The zero-order chi connectivity index (χ0) is 9.84. The highest BCUT2D eigenvalue weighted by atomic mass is 32.2. The van der Waals surface area contributed by atoms with E-state index in [1.54, 1.807) is 16.7 Å². The third-order valence-corrected chi connectivity index (χ3v) is 2.97. The smallest absolute Gasteiger partial charge is 0.232 e. The molecular formula is C9H17NO2S. The van der Waals surface area contributed by atoms with E-state index in [1.807, 2.05) is 13.3 Å². The monoisotopic (exact) mass is 203 g/mol. The second kappa shape index (κ2) is 4.86. The molecule has 3 nitrogen and oxygen atoms in total. The standard InChI is InChI=1S/C9H17NO2S/c1-10(9(12)6-13-2)5-7-3-8(11)4-7/h7-8,11H,3-6H2,1-2H3. The molecule has 13 heavy (non-hydrogen) atoms. The van der Waals surface area contributed by atoms with Crippen LogP contribution in [0.2, 0.25) is 0 Å².